The number of nitro groups is 1. The molecule has 8 nitrogen and oxygen atoms in total. The largest absolute Gasteiger partial charge is 0.391 e. The van der Waals surface area contributed by atoms with Crippen LogP contribution in [0.25, 0.3) is 0 Å². The van der Waals surface area contributed by atoms with Crippen molar-refractivity contribution in [1.82, 2.24) is 15.2 Å². The first-order chi connectivity index (χ1) is 6.54. The van der Waals surface area contributed by atoms with Crippen molar-refractivity contribution in [1.29, 1.82) is 0 Å². The standard InChI is InChI=1S/C5H6IN5O3/c6-3-1-4(11(13)14)9-10(3)2-5(12)8-7/h1H,2,7H2,(H,8,12). The van der Waals surface area contributed by atoms with Crippen molar-refractivity contribution in [2.24, 2.45) is 5.84 Å². The lowest BCUT2D eigenvalue weighted by atomic mass is 10.6. The molecule has 0 spiro atoms. The van der Waals surface area contributed by atoms with Gasteiger partial charge in [-0.25, -0.2) is 5.84 Å². The van der Waals surface area contributed by atoms with E-state index < -0.39 is 10.8 Å². The number of amides is 1. The Morgan fingerprint density at radius 3 is 2.93 bits per heavy atom. The fraction of sp³-hybridized carbons (Fsp3) is 0.200. The summed E-state index contributed by atoms with van der Waals surface area (Å²) in [5, 5.41) is 13.9. The smallest absolute Gasteiger partial charge is 0.358 e. The van der Waals surface area contributed by atoms with Crippen molar-refractivity contribution in [3.8, 4) is 0 Å². The number of hydrogen-bond acceptors (Lipinski definition) is 5. The van der Waals surface area contributed by atoms with E-state index in [1.807, 2.05) is 28.0 Å². The summed E-state index contributed by atoms with van der Waals surface area (Å²) in [5.74, 6) is 4.10. The van der Waals surface area contributed by atoms with Crippen molar-refractivity contribution in [3.05, 3.63) is 19.9 Å². The molecule has 1 aromatic heterocycles. The fourth-order valence-corrected chi connectivity index (χ4v) is 1.32. The number of hydrazine groups is 1. The molecule has 0 aliphatic heterocycles. The first-order valence-electron chi connectivity index (χ1n) is 3.41. The molecular formula is C5H6IN5O3. The van der Waals surface area contributed by atoms with E-state index in [2.05, 4.69) is 5.10 Å². The molecular weight excluding hydrogens is 305 g/mol. The topological polar surface area (TPSA) is 116 Å². The van der Waals surface area contributed by atoms with Crippen molar-refractivity contribution >= 4 is 34.3 Å². The third-order valence-electron chi connectivity index (χ3n) is 1.36. The summed E-state index contributed by atoms with van der Waals surface area (Å²) in [6.07, 6.45) is 0. The Hall–Kier alpha value is -1.23. The molecule has 1 aromatic rings. The van der Waals surface area contributed by atoms with Gasteiger partial charge in [-0.2, -0.15) is 4.68 Å². The van der Waals surface area contributed by atoms with Gasteiger partial charge in [0.25, 0.3) is 5.91 Å². The highest BCUT2D eigenvalue weighted by atomic mass is 127. The molecule has 0 fully saturated rings. The highest BCUT2D eigenvalue weighted by Gasteiger charge is 2.17. The molecule has 0 aliphatic carbocycles. The van der Waals surface area contributed by atoms with Crippen LogP contribution in [0, 0.1) is 13.8 Å². The van der Waals surface area contributed by atoms with Crippen molar-refractivity contribution in [2.45, 2.75) is 6.54 Å². The predicted molar refractivity (Wildman–Crippen MR) is 53.9 cm³/mol. The van der Waals surface area contributed by atoms with Crippen LogP contribution in [0.2, 0.25) is 0 Å². The average molecular weight is 311 g/mol. The Bertz CT molecular complexity index is 375. The van der Waals surface area contributed by atoms with Crippen LogP contribution >= 0.6 is 22.6 Å². The average Bonchev–Trinajstić information content (AvgIpc) is 2.48. The van der Waals surface area contributed by atoms with Gasteiger partial charge in [0.15, 0.2) is 0 Å². The van der Waals surface area contributed by atoms with Crippen LogP contribution in [0.5, 0.6) is 0 Å². The van der Waals surface area contributed by atoms with Crippen LogP contribution in [0.4, 0.5) is 5.82 Å². The Balaban J connectivity index is 2.88. The highest BCUT2D eigenvalue weighted by molar-refractivity contribution is 14.1. The number of carbonyl (C=O) groups is 1. The van der Waals surface area contributed by atoms with Gasteiger partial charge in [0.05, 0.1) is 11.2 Å². The zero-order valence-electron chi connectivity index (χ0n) is 6.81. The number of rotatable bonds is 3. The summed E-state index contributed by atoms with van der Waals surface area (Å²) in [5.41, 5.74) is 1.91. The maximum absolute atomic E-state index is 10.8. The van der Waals surface area contributed by atoms with Gasteiger partial charge in [0.2, 0.25) is 0 Å². The summed E-state index contributed by atoms with van der Waals surface area (Å²) >= 11 is 1.84. The molecule has 0 bridgehead atoms. The van der Waals surface area contributed by atoms with Crippen LogP contribution in [0.15, 0.2) is 6.07 Å². The minimum absolute atomic E-state index is 0.136. The van der Waals surface area contributed by atoms with Gasteiger partial charge < -0.3 is 10.1 Å². The molecule has 0 aliphatic rings. The highest BCUT2D eigenvalue weighted by Crippen LogP contribution is 2.13. The van der Waals surface area contributed by atoms with Gasteiger partial charge >= 0.3 is 5.82 Å². The maximum Gasteiger partial charge on any atom is 0.391 e. The number of carbonyl (C=O) groups excluding carboxylic acids is 1. The molecule has 0 atom stereocenters. The van der Waals surface area contributed by atoms with Gasteiger partial charge in [-0.3, -0.25) is 10.2 Å². The molecule has 0 saturated heterocycles. The van der Waals surface area contributed by atoms with E-state index in [-0.39, 0.29) is 12.4 Å². The molecule has 76 valence electrons. The minimum atomic E-state index is -0.626. The SMILES string of the molecule is NNC(=O)Cn1nc([N+](=O)[O-])cc1I. The summed E-state index contributed by atoms with van der Waals surface area (Å²) in [6.45, 7) is -0.136. The van der Waals surface area contributed by atoms with Crippen LogP contribution < -0.4 is 11.3 Å². The summed E-state index contributed by atoms with van der Waals surface area (Å²) in [4.78, 5) is 20.5. The third-order valence-corrected chi connectivity index (χ3v) is 2.23. The van der Waals surface area contributed by atoms with Crippen LogP contribution in [0.1, 0.15) is 0 Å². The quantitative estimate of drug-likeness (QED) is 0.254. The van der Waals surface area contributed by atoms with Gasteiger partial charge in [-0.1, -0.05) is 0 Å². The fourth-order valence-electron chi connectivity index (χ4n) is 0.763. The summed E-state index contributed by atoms with van der Waals surface area (Å²) < 4.78 is 1.69. The molecule has 1 amide bonds. The van der Waals surface area contributed by atoms with Gasteiger partial charge in [0.1, 0.15) is 10.2 Å². The number of nitrogens with zero attached hydrogens (tertiary/aromatic N) is 3. The number of halogens is 1. The molecule has 0 saturated carbocycles. The Labute approximate surface area is 91.7 Å². The van der Waals surface area contributed by atoms with Crippen molar-refractivity contribution in [2.75, 3.05) is 0 Å². The lowest BCUT2D eigenvalue weighted by molar-refractivity contribution is -0.389. The Kier molecular flexibility index (Phi) is 3.35. The molecule has 0 radical (unpaired) electrons. The maximum atomic E-state index is 10.8. The van der Waals surface area contributed by atoms with E-state index in [0.717, 1.165) is 0 Å². The summed E-state index contributed by atoms with van der Waals surface area (Å²) in [7, 11) is 0. The van der Waals surface area contributed by atoms with Crippen molar-refractivity contribution < 1.29 is 9.72 Å². The Morgan fingerprint density at radius 2 is 2.50 bits per heavy atom. The predicted octanol–water partition coefficient (Wildman–Crippen LogP) is -0.614. The third kappa shape index (κ3) is 2.38. The van der Waals surface area contributed by atoms with Gasteiger partial charge in [-0.05, 0) is 27.5 Å². The Morgan fingerprint density at radius 1 is 1.86 bits per heavy atom. The van der Waals surface area contributed by atoms with E-state index in [9.17, 15) is 14.9 Å². The molecule has 9 heteroatoms. The van der Waals surface area contributed by atoms with E-state index in [0.29, 0.717) is 3.70 Å². The molecule has 3 N–H and O–H groups in total. The monoisotopic (exact) mass is 311 g/mol. The zero-order chi connectivity index (χ0) is 10.7. The second kappa shape index (κ2) is 4.32. The molecule has 1 rings (SSSR count). The van der Waals surface area contributed by atoms with Crippen molar-refractivity contribution in [3.63, 3.8) is 0 Å². The zero-order valence-corrected chi connectivity index (χ0v) is 8.96. The molecule has 1 heterocycles. The first-order valence-corrected chi connectivity index (χ1v) is 4.49. The van der Waals surface area contributed by atoms with Crippen LogP contribution in [-0.2, 0) is 11.3 Å². The molecule has 0 aromatic carbocycles. The van der Waals surface area contributed by atoms with E-state index in [1.54, 1.807) is 0 Å². The van der Waals surface area contributed by atoms with Crippen LogP contribution in [0.3, 0.4) is 0 Å². The van der Waals surface area contributed by atoms with Gasteiger partial charge in [-0.15, -0.1) is 0 Å². The first kappa shape index (κ1) is 10.8. The van der Waals surface area contributed by atoms with E-state index in [1.165, 1.54) is 10.7 Å². The lowest BCUT2D eigenvalue weighted by Gasteiger charge is -1.96. The second-order valence-corrected chi connectivity index (χ2v) is 3.41. The summed E-state index contributed by atoms with van der Waals surface area (Å²) in [6, 6.07) is 1.27. The molecule has 0 unspecified atom stereocenters. The molecule has 14 heavy (non-hydrogen) atoms. The second-order valence-electron chi connectivity index (χ2n) is 2.31. The minimum Gasteiger partial charge on any atom is -0.358 e. The number of nitrogens with one attached hydrogen (secondary N) is 1. The lowest BCUT2D eigenvalue weighted by Crippen LogP contribution is -2.33. The number of aromatic nitrogens is 2. The normalized spacial score (nSPS) is 9.86. The number of hydrogen-bond donors (Lipinski definition) is 2. The van der Waals surface area contributed by atoms with E-state index in [4.69, 9.17) is 5.84 Å². The van der Waals surface area contributed by atoms with Crippen LogP contribution in [-0.4, -0.2) is 20.6 Å². The van der Waals surface area contributed by atoms with Gasteiger partial charge in [0, 0.05) is 0 Å². The number of nitrogens with two attached hydrogens (primary N) is 1. The van der Waals surface area contributed by atoms with E-state index >= 15 is 0 Å².